The number of halogens is 1. The Balaban J connectivity index is 1.63. The Morgan fingerprint density at radius 3 is 2.75 bits per heavy atom. The number of ether oxygens (including phenoxy) is 2. The first kappa shape index (κ1) is 20.1. The van der Waals surface area contributed by atoms with Crippen molar-refractivity contribution in [3.05, 3.63) is 58.9 Å². The summed E-state index contributed by atoms with van der Waals surface area (Å²) >= 11 is 0. The zero-order valence-electron chi connectivity index (χ0n) is 16.6. The molecule has 1 N–H and O–H groups in total. The van der Waals surface area contributed by atoms with Crippen LogP contribution < -0.4 is 14.8 Å². The van der Waals surface area contributed by atoms with Crippen LogP contribution >= 0.6 is 0 Å². The number of aryl methyl sites for hydroxylation is 1. The van der Waals surface area contributed by atoms with Gasteiger partial charge in [-0.1, -0.05) is 18.2 Å². The van der Waals surface area contributed by atoms with Crippen LogP contribution in [-0.4, -0.2) is 38.1 Å². The van der Waals surface area contributed by atoms with Gasteiger partial charge in [0.15, 0.2) is 0 Å². The van der Waals surface area contributed by atoms with Gasteiger partial charge in [0.1, 0.15) is 17.3 Å². The summed E-state index contributed by atoms with van der Waals surface area (Å²) < 4.78 is 24.5. The average molecular weight is 386 g/mol. The van der Waals surface area contributed by atoms with E-state index in [2.05, 4.69) is 10.2 Å². The summed E-state index contributed by atoms with van der Waals surface area (Å²) in [4.78, 5) is 14.6. The third-order valence-electron chi connectivity index (χ3n) is 5.24. The molecule has 2 aromatic carbocycles. The van der Waals surface area contributed by atoms with E-state index in [-0.39, 0.29) is 17.8 Å². The molecule has 28 heavy (non-hydrogen) atoms. The molecule has 6 heteroatoms. The van der Waals surface area contributed by atoms with Crippen LogP contribution in [0.4, 0.5) is 4.39 Å². The van der Waals surface area contributed by atoms with Crippen molar-refractivity contribution in [1.29, 1.82) is 0 Å². The molecule has 2 aromatic rings. The normalized spacial score (nSPS) is 16.8. The van der Waals surface area contributed by atoms with Crippen molar-refractivity contribution in [1.82, 2.24) is 10.2 Å². The topological polar surface area (TPSA) is 50.8 Å². The number of methoxy groups -OCH3 is 2. The van der Waals surface area contributed by atoms with Crippen molar-refractivity contribution in [2.45, 2.75) is 32.4 Å². The SMILES string of the molecule is COc1ccc(C2CCCN2CC(=O)NCc2ccc(C)c(F)c2)c(OC)c1. The standard InChI is InChI=1S/C22H27FN2O3/c1-15-6-7-16(11-19(15)23)13-24-22(26)14-25-10-4-5-20(25)18-9-8-17(27-2)12-21(18)28-3/h6-9,11-12,20H,4-5,10,13-14H2,1-3H3,(H,24,26). The van der Waals surface area contributed by atoms with E-state index in [9.17, 15) is 9.18 Å². The molecule has 150 valence electrons. The molecule has 1 heterocycles. The second kappa shape index (κ2) is 9.06. The minimum atomic E-state index is -0.252. The summed E-state index contributed by atoms with van der Waals surface area (Å²) in [5.74, 6) is 1.19. The van der Waals surface area contributed by atoms with E-state index < -0.39 is 0 Å². The summed E-state index contributed by atoms with van der Waals surface area (Å²) in [6.45, 7) is 3.19. The van der Waals surface area contributed by atoms with E-state index in [4.69, 9.17) is 9.47 Å². The zero-order chi connectivity index (χ0) is 20.1. The molecule has 5 nitrogen and oxygen atoms in total. The monoisotopic (exact) mass is 386 g/mol. The van der Waals surface area contributed by atoms with Crippen molar-refractivity contribution in [2.75, 3.05) is 27.3 Å². The quantitative estimate of drug-likeness (QED) is 0.790. The lowest BCUT2D eigenvalue weighted by Gasteiger charge is -2.26. The summed E-state index contributed by atoms with van der Waals surface area (Å²) in [6, 6.07) is 11.0. The summed E-state index contributed by atoms with van der Waals surface area (Å²) in [5.41, 5.74) is 2.42. The fraction of sp³-hybridized carbons (Fsp3) is 0.409. The first-order valence-corrected chi connectivity index (χ1v) is 9.49. The second-order valence-electron chi connectivity index (χ2n) is 7.10. The molecule has 1 amide bonds. The van der Waals surface area contributed by atoms with Gasteiger partial charge in [0.05, 0.1) is 20.8 Å². The summed E-state index contributed by atoms with van der Waals surface area (Å²) in [6.07, 6.45) is 2.00. The Morgan fingerprint density at radius 1 is 1.21 bits per heavy atom. The maximum absolute atomic E-state index is 13.7. The predicted octanol–water partition coefficient (Wildman–Crippen LogP) is 3.60. The van der Waals surface area contributed by atoms with Crippen molar-refractivity contribution < 1.29 is 18.7 Å². The highest BCUT2D eigenvalue weighted by Crippen LogP contribution is 2.38. The van der Waals surface area contributed by atoms with Gasteiger partial charge in [0.25, 0.3) is 0 Å². The molecule has 1 fully saturated rings. The molecule has 1 saturated heterocycles. The number of likely N-dealkylation sites (tertiary alicyclic amines) is 1. The molecule has 0 bridgehead atoms. The number of carbonyl (C=O) groups excluding carboxylic acids is 1. The number of nitrogens with one attached hydrogen (secondary N) is 1. The second-order valence-corrected chi connectivity index (χ2v) is 7.10. The molecule has 0 aromatic heterocycles. The van der Waals surface area contributed by atoms with Gasteiger partial charge in [0.2, 0.25) is 5.91 Å². The van der Waals surface area contributed by atoms with Crippen molar-refractivity contribution in [3.63, 3.8) is 0 Å². The van der Waals surface area contributed by atoms with Gasteiger partial charge in [-0.3, -0.25) is 9.69 Å². The Labute approximate surface area is 165 Å². The third kappa shape index (κ3) is 4.62. The molecule has 1 aliphatic rings. The fourth-order valence-electron chi connectivity index (χ4n) is 3.65. The Hall–Kier alpha value is -2.60. The highest BCUT2D eigenvalue weighted by molar-refractivity contribution is 5.78. The van der Waals surface area contributed by atoms with Crippen LogP contribution in [0.3, 0.4) is 0 Å². The first-order chi connectivity index (χ1) is 13.5. The molecule has 0 radical (unpaired) electrons. The van der Waals surface area contributed by atoms with Crippen LogP contribution in [0.1, 0.15) is 35.6 Å². The van der Waals surface area contributed by atoms with E-state index >= 15 is 0 Å². The molecule has 0 saturated carbocycles. The van der Waals surface area contributed by atoms with Gasteiger partial charge in [-0.2, -0.15) is 0 Å². The van der Waals surface area contributed by atoms with Crippen LogP contribution in [0.15, 0.2) is 36.4 Å². The van der Waals surface area contributed by atoms with E-state index in [1.165, 1.54) is 6.07 Å². The minimum absolute atomic E-state index is 0.0691. The van der Waals surface area contributed by atoms with Gasteiger partial charge in [0, 0.05) is 24.2 Å². The van der Waals surface area contributed by atoms with Crippen molar-refractivity contribution >= 4 is 5.91 Å². The molecule has 0 spiro atoms. The number of rotatable bonds is 7. The van der Waals surface area contributed by atoms with Gasteiger partial charge in [-0.25, -0.2) is 4.39 Å². The largest absolute Gasteiger partial charge is 0.497 e. The number of carbonyl (C=O) groups is 1. The van der Waals surface area contributed by atoms with E-state index in [1.807, 2.05) is 24.3 Å². The molecular formula is C22H27FN2O3. The molecule has 1 unspecified atom stereocenters. The average Bonchev–Trinajstić information content (AvgIpc) is 3.16. The van der Waals surface area contributed by atoms with Crippen LogP contribution in [0.25, 0.3) is 0 Å². The maximum atomic E-state index is 13.7. The van der Waals surface area contributed by atoms with Crippen molar-refractivity contribution in [2.24, 2.45) is 0 Å². The van der Waals surface area contributed by atoms with Crippen LogP contribution in [-0.2, 0) is 11.3 Å². The Bertz CT molecular complexity index is 841. The number of hydrogen-bond acceptors (Lipinski definition) is 4. The van der Waals surface area contributed by atoms with E-state index in [1.54, 1.807) is 27.2 Å². The van der Waals surface area contributed by atoms with E-state index in [0.717, 1.165) is 42.0 Å². The minimum Gasteiger partial charge on any atom is -0.497 e. The smallest absolute Gasteiger partial charge is 0.234 e. The van der Waals surface area contributed by atoms with Gasteiger partial charge in [-0.05, 0) is 49.6 Å². The maximum Gasteiger partial charge on any atom is 0.234 e. The predicted molar refractivity (Wildman–Crippen MR) is 106 cm³/mol. The molecule has 3 rings (SSSR count). The molecule has 1 atom stereocenters. The Morgan fingerprint density at radius 2 is 2.04 bits per heavy atom. The lowest BCUT2D eigenvalue weighted by atomic mass is 10.0. The van der Waals surface area contributed by atoms with Crippen LogP contribution in [0.2, 0.25) is 0 Å². The lowest BCUT2D eigenvalue weighted by Crippen LogP contribution is -2.36. The third-order valence-corrected chi connectivity index (χ3v) is 5.24. The van der Waals surface area contributed by atoms with Gasteiger partial charge in [-0.15, -0.1) is 0 Å². The summed E-state index contributed by atoms with van der Waals surface area (Å²) in [5, 5.41) is 2.89. The Kier molecular flexibility index (Phi) is 6.52. The fourth-order valence-corrected chi connectivity index (χ4v) is 3.65. The zero-order valence-corrected chi connectivity index (χ0v) is 16.6. The number of benzene rings is 2. The molecular weight excluding hydrogens is 359 g/mol. The number of hydrogen-bond donors (Lipinski definition) is 1. The van der Waals surface area contributed by atoms with Crippen LogP contribution in [0.5, 0.6) is 11.5 Å². The van der Waals surface area contributed by atoms with Gasteiger partial charge >= 0.3 is 0 Å². The number of amides is 1. The first-order valence-electron chi connectivity index (χ1n) is 9.49. The van der Waals surface area contributed by atoms with E-state index in [0.29, 0.717) is 18.7 Å². The number of nitrogens with zero attached hydrogens (tertiary/aromatic N) is 1. The highest BCUT2D eigenvalue weighted by Gasteiger charge is 2.29. The van der Waals surface area contributed by atoms with Gasteiger partial charge < -0.3 is 14.8 Å². The molecule has 1 aliphatic heterocycles. The lowest BCUT2D eigenvalue weighted by molar-refractivity contribution is -0.122. The van der Waals surface area contributed by atoms with Crippen LogP contribution in [0, 0.1) is 12.7 Å². The summed E-state index contributed by atoms with van der Waals surface area (Å²) in [7, 11) is 3.27. The van der Waals surface area contributed by atoms with Crippen molar-refractivity contribution in [3.8, 4) is 11.5 Å². The molecule has 0 aliphatic carbocycles. The highest BCUT2D eigenvalue weighted by atomic mass is 19.1.